The summed E-state index contributed by atoms with van der Waals surface area (Å²) in [5.74, 6) is 1.58. The molecule has 1 saturated heterocycles. The van der Waals surface area contributed by atoms with Crippen molar-refractivity contribution in [2.75, 3.05) is 25.1 Å². The number of anilines is 1. The number of rotatable bonds is 5. The van der Waals surface area contributed by atoms with E-state index in [9.17, 15) is 5.11 Å². The number of fused-ring (bicyclic) bond motifs is 1. The summed E-state index contributed by atoms with van der Waals surface area (Å²) in [6.07, 6.45) is 0.748. The summed E-state index contributed by atoms with van der Waals surface area (Å²) >= 11 is 1.62. The molecular weight excluding hydrogens is 334 g/mol. The topological polar surface area (TPSA) is 58.5 Å². The van der Waals surface area contributed by atoms with Crippen molar-refractivity contribution in [3.05, 3.63) is 41.5 Å². The lowest BCUT2D eigenvalue weighted by molar-refractivity contribution is 0.00818. The highest BCUT2D eigenvalue weighted by molar-refractivity contribution is 7.17. The maximum absolute atomic E-state index is 10.4. The average Bonchev–Trinajstić information content (AvgIpc) is 3.03. The molecule has 1 aromatic carbocycles. The fraction of sp³-hybridized carbons (Fsp3) is 0.368. The Kier molecular flexibility index (Phi) is 4.19. The molecule has 3 aromatic rings. The summed E-state index contributed by atoms with van der Waals surface area (Å²) in [6.45, 7) is 3.61. The molecule has 1 aliphatic rings. The number of aromatic nitrogens is 2. The fourth-order valence-corrected chi connectivity index (χ4v) is 4.22. The predicted molar refractivity (Wildman–Crippen MR) is 101 cm³/mol. The Balaban J connectivity index is 1.84. The van der Waals surface area contributed by atoms with E-state index >= 15 is 0 Å². The normalized spacial score (nSPS) is 16.2. The number of β-amino-alcohol motifs (C(OH)–C–C–N with tert-alkyl or cyclic N) is 1. The van der Waals surface area contributed by atoms with Gasteiger partial charge in [0, 0.05) is 31.1 Å². The van der Waals surface area contributed by atoms with Gasteiger partial charge in [-0.15, -0.1) is 11.3 Å². The lowest BCUT2D eigenvalue weighted by Crippen LogP contribution is -2.62. The molecule has 0 unspecified atom stereocenters. The molecule has 2 aromatic heterocycles. The van der Waals surface area contributed by atoms with E-state index in [4.69, 9.17) is 9.72 Å². The maximum Gasteiger partial charge on any atom is 0.158 e. The summed E-state index contributed by atoms with van der Waals surface area (Å²) < 4.78 is 5.23. The van der Waals surface area contributed by atoms with Crippen LogP contribution >= 0.6 is 11.3 Å². The van der Waals surface area contributed by atoms with Gasteiger partial charge in [0.25, 0.3) is 0 Å². The number of thiophene rings is 1. The third-order valence-corrected chi connectivity index (χ3v) is 5.62. The first-order valence-corrected chi connectivity index (χ1v) is 9.31. The first kappa shape index (κ1) is 16.4. The quantitative estimate of drug-likeness (QED) is 0.759. The van der Waals surface area contributed by atoms with Gasteiger partial charge >= 0.3 is 0 Å². The predicted octanol–water partition coefficient (Wildman–Crippen LogP) is 3.47. The Bertz CT molecular complexity index is 888. The molecule has 25 heavy (non-hydrogen) atoms. The van der Waals surface area contributed by atoms with Crippen molar-refractivity contribution in [3.63, 3.8) is 0 Å². The van der Waals surface area contributed by atoms with Gasteiger partial charge in [0.1, 0.15) is 17.3 Å². The second kappa shape index (κ2) is 6.37. The Morgan fingerprint density at radius 3 is 2.68 bits per heavy atom. The van der Waals surface area contributed by atoms with E-state index in [0.29, 0.717) is 25.5 Å². The first-order chi connectivity index (χ1) is 12.1. The molecule has 1 aliphatic heterocycles. The summed E-state index contributed by atoms with van der Waals surface area (Å²) in [5.41, 5.74) is 1.69. The standard InChI is InChI=1S/C19H21N3O2S/c1-3-19(23)11-22(12-19)17-16-14(13-7-5-4-6-8-13)10-25-18(16)21-15(20-17)9-24-2/h4-8,10,23H,3,9,11-12H2,1-2H3. The molecule has 0 aliphatic carbocycles. The zero-order valence-electron chi connectivity index (χ0n) is 14.4. The van der Waals surface area contributed by atoms with Gasteiger partial charge in [-0.1, -0.05) is 37.3 Å². The second-order valence-electron chi connectivity index (χ2n) is 6.53. The van der Waals surface area contributed by atoms with Crippen molar-refractivity contribution in [2.45, 2.75) is 25.6 Å². The Morgan fingerprint density at radius 1 is 1.24 bits per heavy atom. The molecule has 3 heterocycles. The number of methoxy groups -OCH3 is 1. The molecular formula is C19H21N3O2S. The zero-order valence-corrected chi connectivity index (χ0v) is 15.2. The highest BCUT2D eigenvalue weighted by Gasteiger charge is 2.41. The number of benzene rings is 1. The number of hydrogen-bond acceptors (Lipinski definition) is 6. The van der Waals surface area contributed by atoms with Crippen molar-refractivity contribution < 1.29 is 9.84 Å². The van der Waals surface area contributed by atoms with Crippen LogP contribution in [0.3, 0.4) is 0 Å². The van der Waals surface area contributed by atoms with Crippen LogP contribution in [-0.2, 0) is 11.3 Å². The smallest absolute Gasteiger partial charge is 0.158 e. The van der Waals surface area contributed by atoms with Gasteiger partial charge in [-0.2, -0.15) is 0 Å². The third kappa shape index (κ3) is 2.90. The molecule has 0 spiro atoms. The van der Waals surface area contributed by atoms with Crippen LogP contribution in [0.4, 0.5) is 5.82 Å². The van der Waals surface area contributed by atoms with E-state index in [0.717, 1.165) is 33.6 Å². The van der Waals surface area contributed by atoms with Crippen molar-refractivity contribution in [1.29, 1.82) is 0 Å². The molecule has 6 heteroatoms. The van der Waals surface area contributed by atoms with Crippen LogP contribution in [0.2, 0.25) is 0 Å². The van der Waals surface area contributed by atoms with Crippen LogP contribution in [0.5, 0.6) is 0 Å². The lowest BCUT2D eigenvalue weighted by atomic mass is 9.91. The molecule has 0 atom stereocenters. The molecule has 0 saturated carbocycles. The van der Waals surface area contributed by atoms with Crippen LogP contribution < -0.4 is 4.90 Å². The molecule has 0 amide bonds. The molecule has 130 valence electrons. The van der Waals surface area contributed by atoms with E-state index in [1.165, 1.54) is 0 Å². The van der Waals surface area contributed by atoms with E-state index in [-0.39, 0.29) is 0 Å². The van der Waals surface area contributed by atoms with E-state index in [1.54, 1.807) is 18.4 Å². The van der Waals surface area contributed by atoms with Gasteiger partial charge in [0.2, 0.25) is 0 Å². The fourth-order valence-electron chi connectivity index (χ4n) is 3.26. The number of ether oxygens (including phenoxy) is 1. The monoisotopic (exact) mass is 355 g/mol. The largest absolute Gasteiger partial charge is 0.386 e. The van der Waals surface area contributed by atoms with Crippen molar-refractivity contribution in [3.8, 4) is 11.1 Å². The van der Waals surface area contributed by atoms with Crippen LogP contribution in [0, 0.1) is 0 Å². The number of hydrogen-bond donors (Lipinski definition) is 1. The summed E-state index contributed by atoms with van der Waals surface area (Å²) in [7, 11) is 1.65. The lowest BCUT2D eigenvalue weighted by Gasteiger charge is -2.47. The van der Waals surface area contributed by atoms with E-state index in [1.807, 2.05) is 25.1 Å². The summed E-state index contributed by atoms with van der Waals surface area (Å²) in [5, 5.41) is 13.6. The molecule has 5 nitrogen and oxygen atoms in total. The second-order valence-corrected chi connectivity index (χ2v) is 7.38. The Labute approximate surface area is 150 Å². The molecule has 1 N–H and O–H groups in total. The van der Waals surface area contributed by atoms with Crippen LogP contribution in [0.1, 0.15) is 19.2 Å². The van der Waals surface area contributed by atoms with Crippen molar-refractivity contribution >= 4 is 27.4 Å². The van der Waals surface area contributed by atoms with Gasteiger partial charge in [-0.25, -0.2) is 9.97 Å². The zero-order chi connectivity index (χ0) is 17.4. The minimum atomic E-state index is -0.609. The van der Waals surface area contributed by atoms with Gasteiger partial charge in [-0.05, 0) is 12.0 Å². The Hall–Kier alpha value is -2.02. The van der Waals surface area contributed by atoms with E-state index in [2.05, 4.69) is 27.4 Å². The minimum absolute atomic E-state index is 0.382. The highest BCUT2D eigenvalue weighted by atomic mass is 32.1. The highest BCUT2D eigenvalue weighted by Crippen LogP contribution is 2.41. The number of nitrogens with zero attached hydrogens (tertiary/aromatic N) is 3. The molecule has 4 rings (SSSR count). The summed E-state index contributed by atoms with van der Waals surface area (Å²) in [6, 6.07) is 10.3. The maximum atomic E-state index is 10.4. The molecule has 0 bridgehead atoms. The Morgan fingerprint density at radius 2 is 2.00 bits per heavy atom. The van der Waals surface area contributed by atoms with Gasteiger partial charge in [0.15, 0.2) is 5.82 Å². The SMILES string of the molecule is CCC1(O)CN(c2nc(COC)nc3scc(-c4ccccc4)c23)C1. The first-order valence-electron chi connectivity index (χ1n) is 8.43. The van der Waals surface area contributed by atoms with Crippen molar-refractivity contribution in [2.24, 2.45) is 0 Å². The summed E-state index contributed by atoms with van der Waals surface area (Å²) in [4.78, 5) is 12.5. The van der Waals surface area contributed by atoms with Crippen LogP contribution in [-0.4, -0.2) is 40.9 Å². The van der Waals surface area contributed by atoms with Gasteiger partial charge in [-0.3, -0.25) is 0 Å². The average molecular weight is 355 g/mol. The van der Waals surface area contributed by atoms with Crippen molar-refractivity contribution in [1.82, 2.24) is 9.97 Å². The van der Waals surface area contributed by atoms with Crippen LogP contribution in [0.15, 0.2) is 35.7 Å². The minimum Gasteiger partial charge on any atom is -0.386 e. The molecule has 1 fully saturated rings. The third-order valence-electron chi connectivity index (χ3n) is 4.75. The molecule has 0 radical (unpaired) electrons. The van der Waals surface area contributed by atoms with Gasteiger partial charge < -0.3 is 14.7 Å². The van der Waals surface area contributed by atoms with Crippen LogP contribution in [0.25, 0.3) is 21.3 Å². The van der Waals surface area contributed by atoms with E-state index < -0.39 is 5.60 Å². The number of aliphatic hydroxyl groups is 1. The van der Waals surface area contributed by atoms with Gasteiger partial charge in [0.05, 0.1) is 11.0 Å².